The second-order valence-electron chi connectivity index (χ2n) is 11.1. The van der Waals surface area contributed by atoms with Crippen molar-refractivity contribution in [3.05, 3.63) is 24.3 Å². The van der Waals surface area contributed by atoms with E-state index in [9.17, 15) is 0 Å². The van der Waals surface area contributed by atoms with Crippen molar-refractivity contribution in [2.24, 2.45) is 23.7 Å². The zero-order valence-corrected chi connectivity index (χ0v) is 21.4. The van der Waals surface area contributed by atoms with E-state index in [2.05, 4.69) is 51.2 Å². The van der Waals surface area contributed by atoms with Gasteiger partial charge >= 0.3 is 0 Å². The summed E-state index contributed by atoms with van der Waals surface area (Å²) in [4.78, 5) is 0. The summed E-state index contributed by atoms with van der Waals surface area (Å²) in [6, 6.07) is 12.8. The Hall–Kier alpha value is -0.426. The maximum atomic E-state index is 5.76. The lowest BCUT2D eigenvalue weighted by Crippen LogP contribution is -2.35. The van der Waals surface area contributed by atoms with E-state index in [1.54, 1.807) is 10.4 Å². The van der Waals surface area contributed by atoms with Gasteiger partial charge in [0.05, 0.1) is 42.0 Å². The van der Waals surface area contributed by atoms with Crippen LogP contribution in [0.1, 0.15) is 52.4 Å². The van der Waals surface area contributed by atoms with Gasteiger partial charge in [0.15, 0.2) is 0 Å². The van der Waals surface area contributed by atoms with Gasteiger partial charge in [0.25, 0.3) is 0 Å². The number of benzene rings is 1. The quantitative estimate of drug-likeness (QED) is 0.430. The molecule has 2 aliphatic carbocycles. The molecule has 1 aromatic rings. The van der Waals surface area contributed by atoms with Gasteiger partial charge in [-0.1, -0.05) is 73.7 Å². The molecule has 2 heterocycles. The third kappa shape index (κ3) is 4.82. The van der Waals surface area contributed by atoms with E-state index in [1.165, 1.54) is 50.6 Å². The molecule has 2 radical (unpaired) electrons. The maximum absolute atomic E-state index is 5.76. The lowest BCUT2D eigenvalue weighted by atomic mass is 9.82. The van der Waals surface area contributed by atoms with Crippen LogP contribution in [0.4, 0.5) is 0 Å². The van der Waals surface area contributed by atoms with Gasteiger partial charge in [0.2, 0.25) is 0 Å². The zero-order valence-electron chi connectivity index (χ0n) is 19.4. The first-order valence-electron chi connectivity index (χ1n) is 12.5. The summed E-state index contributed by atoms with van der Waals surface area (Å²) in [5, 5.41) is 3.28. The Labute approximate surface area is 187 Å². The van der Waals surface area contributed by atoms with Gasteiger partial charge in [-0.3, -0.25) is 0 Å². The molecule has 0 N–H and O–H groups in total. The molecule has 0 bridgehead atoms. The van der Waals surface area contributed by atoms with Gasteiger partial charge in [-0.15, -0.1) is 0 Å². The number of rotatable bonds is 8. The fourth-order valence-electron chi connectivity index (χ4n) is 6.48. The Balaban J connectivity index is 1.11. The Morgan fingerprint density at radius 1 is 0.700 bits per heavy atom. The van der Waals surface area contributed by atoms with Crippen LogP contribution in [-0.2, 0) is 9.47 Å². The Kier molecular flexibility index (Phi) is 6.31. The molecule has 164 valence electrons. The van der Waals surface area contributed by atoms with Crippen LogP contribution in [0.2, 0.25) is 25.2 Å². The van der Waals surface area contributed by atoms with Crippen molar-refractivity contribution in [2.75, 3.05) is 0 Å². The fourth-order valence-corrected chi connectivity index (χ4v) is 11.0. The summed E-state index contributed by atoms with van der Waals surface area (Å²) in [6.07, 6.45) is 10.6. The number of fused-ring (bicyclic) bond motifs is 2. The molecule has 4 fully saturated rings. The predicted molar refractivity (Wildman–Crippen MR) is 129 cm³/mol. The van der Waals surface area contributed by atoms with Gasteiger partial charge in [-0.2, -0.15) is 0 Å². The molecule has 0 spiro atoms. The summed E-state index contributed by atoms with van der Waals surface area (Å²) in [5.74, 6) is 3.50. The SMILES string of the molecule is CC(C[Si](C)c1ccc([Si](C)CC(C)C2CCC3OC3C2)cc1)C1CCC2OC2C1. The van der Waals surface area contributed by atoms with Gasteiger partial charge < -0.3 is 9.47 Å². The average molecular weight is 441 g/mol. The highest BCUT2D eigenvalue weighted by molar-refractivity contribution is 6.73. The smallest absolute Gasteiger partial charge is 0.0844 e. The molecule has 0 amide bonds. The van der Waals surface area contributed by atoms with Crippen LogP contribution in [0, 0.1) is 23.7 Å². The highest BCUT2D eigenvalue weighted by atomic mass is 28.3. The number of hydrogen-bond acceptors (Lipinski definition) is 2. The van der Waals surface area contributed by atoms with Gasteiger partial charge in [0, 0.05) is 0 Å². The number of ether oxygens (including phenoxy) is 2. The summed E-state index contributed by atoms with van der Waals surface area (Å²) in [7, 11) is -0.889. The third-order valence-electron chi connectivity index (χ3n) is 8.83. The Bertz CT molecular complexity index is 661. The summed E-state index contributed by atoms with van der Waals surface area (Å²) in [6.45, 7) is 10.1. The van der Waals surface area contributed by atoms with Crippen molar-refractivity contribution in [1.82, 2.24) is 0 Å². The topological polar surface area (TPSA) is 25.1 Å². The standard InChI is InChI=1S/C26H40O2Si2/c1-17(19-5-11-23-25(13-19)27-23)15-29(3)21-7-9-22(10-8-21)30(4)16-18(2)20-6-12-24-26(14-20)28-24/h7-10,17-20,23-26H,5-6,11-16H2,1-4H3. The molecule has 2 saturated heterocycles. The van der Waals surface area contributed by atoms with E-state index >= 15 is 0 Å². The van der Waals surface area contributed by atoms with Crippen molar-refractivity contribution in [2.45, 2.75) is 102 Å². The molecular formula is C26H40O2Si2. The van der Waals surface area contributed by atoms with Crippen LogP contribution in [0.5, 0.6) is 0 Å². The lowest BCUT2D eigenvalue weighted by molar-refractivity contribution is 0.296. The normalized spacial score (nSPS) is 36.9. The minimum Gasteiger partial charge on any atom is -0.370 e. The molecule has 2 saturated carbocycles. The largest absolute Gasteiger partial charge is 0.370 e. The van der Waals surface area contributed by atoms with Crippen molar-refractivity contribution in [3.63, 3.8) is 0 Å². The molecule has 4 heteroatoms. The highest BCUT2D eigenvalue weighted by Gasteiger charge is 2.45. The van der Waals surface area contributed by atoms with Crippen molar-refractivity contribution >= 4 is 28.0 Å². The molecule has 5 rings (SSSR count). The molecule has 2 aliphatic heterocycles. The summed E-state index contributed by atoms with van der Waals surface area (Å²) >= 11 is 0. The molecule has 8 atom stereocenters. The molecule has 2 nitrogen and oxygen atoms in total. The first-order valence-corrected chi connectivity index (χ1v) is 17.0. The first-order chi connectivity index (χ1) is 14.5. The average Bonchev–Trinajstić information content (AvgIpc) is 3.66. The van der Waals surface area contributed by atoms with Gasteiger partial charge in [-0.05, 0) is 62.2 Å². The number of hydrogen-bond donors (Lipinski definition) is 0. The molecule has 30 heavy (non-hydrogen) atoms. The van der Waals surface area contributed by atoms with Crippen LogP contribution in [-0.4, -0.2) is 42.0 Å². The van der Waals surface area contributed by atoms with Crippen molar-refractivity contribution in [1.29, 1.82) is 0 Å². The van der Waals surface area contributed by atoms with Gasteiger partial charge in [0.1, 0.15) is 0 Å². The van der Waals surface area contributed by atoms with E-state index in [1.807, 2.05) is 0 Å². The van der Waals surface area contributed by atoms with Crippen molar-refractivity contribution < 1.29 is 9.47 Å². The zero-order chi connectivity index (χ0) is 20.8. The van der Waals surface area contributed by atoms with Crippen LogP contribution in [0.15, 0.2) is 24.3 Å². The molecule has 4 aliphatic rings. The fraction of sp³-hybridized carbons (Fsp3) is 0.769. The van der Waals surface area contributed by atoms with E-state index in [4.69, 9.17) is 9.47 Å². The van der Waals surface area contributed by atoms with E-state index in [0.29, 0.717) is 24.4 Å². The second-order valence-corrected chi connectivity index (χ2v) is 16.2. The lowest BCUT2D eigenvalue weighted by Gasteiger charge is -2.28. The molecular weight excluding hydrogens is 400 g/mol. The number of epoxide rings is 2. The molecule has 8 unspecified atom stereocenters. The first kappa shape index (κ1) is 21.4. The van der Waals surface area contributed by atoms with E-state index < -0.39 is 17.6 Å². The predicted octanol–water partition coefficient (Wildman–Crippen LogP) is 4.76. The Morgan fingerprint density at radius 2 is 1.10 bits per heavy atom. The summed E-state index contributed by atoms with van der Waals surface area (Å²) in [5.41, 5.74) is 0. The van der Waals surface area contributed by atoms with Gasteiger partial charge in [-0.25, -0.2) is 0 Å². The maximum Gasteiger partial charge on any atom is 0.0844 e. The van der Waals surface area contributed by atoms with Crippen molar-refractivity contribution in [3.8, 4) is 0 Å². The van der Waals surface area contributed by atoms with Crippen LogP contribution in [0.25, 0.3) is 0 Å². The Morgan fingerprint density at radius 3 is 1.47 bits per heavy atom. The van der Waals surface area contributed by atoms with E-state index in [-0.39, 0.29) is 0 Å². The monoisotopic (exact) mass is 440 g/mol. The minimum atomic E-state index is -0.444. The van der Waals surface area contributed by atoms with E-state index in [0.717, 1.165) is 23.7 Å². The third-order valence-corrected chi connectivity index (χ3v) is 14.0. The minimum absolute atomic E-state index is 0.444. The second kappa shape index (κ2) is 8.84. The van der Waals surface area contributed by atoms with Crippen LogP contribution >= 0.6 is 0 Å². The molecule has 0 aromatic heterocycles. The molecule has 1 aromatic carbocycles. The van der Waals surface area contributed by atoms with Crippen LogP contribution in [0.3, 0.4) is 0 Å². The van der Waals surface area contributed by atoms with Crippen LogP contribution < -0.4 is 10.4 Å². The summed E-state index contributed by atoms with van der Waals surface area (Å²) < 4.78 is 11.5. The highest BCUT2D eigenvalue weighted by Crippen LogP contribution is 2.44.